The fraction of sp³-hybridized carbons (Fsp3) is 0.615. The maximum absolute atomic E-state index is 11.8. The third kappa shape index (κ3) is 3.33. The first-order valence-electron chi connectivity index (χ1n) is 6.18. The number of hydrogen-bond acceptors (Lipinski definition) is 3. The number of rotatable bonds is 5. The normalized spacial score (nSPS) is 19.4. The van der Waals surface area contributed by atoms with Crippen LogP contribution < -0.4 is 11.1 Å². The summed E-state index contributed by atoms with van der Waals surface area (Å²) in [5.41, 5.74) is 5.79. The van der Waals surface area contributed by atoms with E-state index in [-0.39, 0.29) is 17.5 Å². The Bertz CT molecular complexity index is 369. The van der Waals surface area contributed by atoms with E-state index in [1.165, 1.54) is 0 Å². The lowest BCUT2D eigenvalue weighted by molar-refractivity contribution is -0.123. The molecule has 0 bridgehead atoms. The van der Waals surface area contributed by atoms with Gasteiger partial charge in [0.25, 0.3) is 0 Å². The molecule has 1 fully saturated rings. The summed E-state index contributed by atoms with van der Waals surface area (Å²) in [6, 6.07) is 3.85. The zero-order valence-corrected chi connectivity index (χ0v) is 10.2. The summed E-state index contributed by atoms with van der Waals surface area (Å²) >= 11 is 0. The van der Waals surface area contributed by atoms with Crippen LogP contribution in [0.15, 0.2) is 22.8 Å². The Balaban J connectivity index is 1.74. The summed E-state index contributed by atoms with van der Waals surface area (Å²) in [4.78, 5) is 11.8. The summed E-state index contributed by atoms with van der Waals surface area (Å²) in [6.07, 6.45) is 5.88. The van der Waals surface area contributed by atoms with E-state index in [4.69, 9.17) is 10.2 Å². The van der Waals surface area contributed by atoms with Crippen LogP contribution in [0.4, 0.5) is 0 Å². The first kappa shape index (κ1) is 12.2. The summed E-state index contributed by atoms with van der Waals surface area (Å²) in [5, 5.41) is 2.96. The molecule has 0 radical (unpaired) electrons. The number of nitrogens with one attached hydrogen (secondary N) is 1. The lowest BCUT2D eigenvalue weighted by Crippen LogP contribution is -2.50. The summed E-state index contributed by atoms with van der Waals surface area (Å²) < 4.78 is 5.24. The molecule has 4 heteroatoms. The van der Waals surface area contributed by atoms with Crippen LogP contribution in [0.1, 0.15) is 38.4 Å². The fourth-order valence-corrected chi connectivity index (χ4v) is 2.23. The number of hydrogen-bond donors (Lipinski definition) is 2. The Morgan fingerprint density at radius 1 is 1.65 bits per heavy atom. The molecule has 1 aromatic heterocycles. The van der Waals surface area contributed by atoms with Gasteiger partial charge in [-0.15, -0.1) is 0 Å². The van der Waals surface area contributed by atoms with Crippen molar-refractivity contribution in [2.45, 2.75) is 50.6 Å². The molecule has 1 unspecified atom stereocenters. The van der Waals surface area contributed by atoms with Crippen LogP contribution in [0.2, 0.25) is 0 Å². The van der Waals surface area contributed by atoms with Crippen LogP contribution in [-0.4, -0.2) is 17.5 Å². The van der Waals surface area contributed by atoms with Crippen molar-refractivity contribution < 1.29 is 9.21 Å². The summed E-state index contributed by atoms with van der Waals surface area (Å²) in [6.45, 7) is 1.98. The number of amides is 1. The average molecular weight is 236 g/mol. The van der Waals surface area contributed by atoms with Crippen molar-refractivity contribution in [1.82, 2.24) is 5.32 Å². The van der Waals surface area contributed by atoms with Crippen molar-refractivity contribution in [3.05, 3.63) is 24.2 Å². The third-order valence-electron chi connectivity index (χ3n) is 3.36. The maximum atomic E-state index is 11.8. The molecule has 2 rings (SSSR count). The van der Waals surface area contributed by atoms with Crippen molar-refractivity contribution in [1.29, 1.82) is 0 Å². The van der Waals surface area contributed by atoms with Crippen LogP contribution in [-0.2, 0) is 11.2 Å². The van der Waals surface area contributed by atoms with Gasteiger partial charge in [0.1, 0.15) is 5.76 Å². The molecule has 94 valence electrons. The number of furan rings is 1. The monoisotopic (exact) mass is 236 g/mol. The van der Waals surface area contributed by atoms with E-state index in [2.05, 4.69) is 5.32 Å². The zero-order valence-electron chi connectivity index (χ0n) is 10.2. The van der Waals surface area contributed by atoms with Gasteiger partial charge in [0.2, 0.25) is 5.91 Å². The first-order chi connectivity index (χ1) is 8.07. The van der Waals surface area contributed by atoms with Crippen molar-refractivity contribution in [3.63, 3.8) is 0 Å². The molecule has 3 N–H and O–H groups in total. The minimum atomic E-state index is -0.242. The molecule has 0 saturated heterocycles. The van der Waals surface area contributed by atoms with Crippen LogP contribution in [0.25, 0.3) is 0 Å². The highest BCUT2D eigenvalue weighted by Crippen LogP contribution is 2.31. The molecule has 1 amide bonds. The second-order valence-corrected chi connectivity index (χ2v) is 5.14. The lowest BCUT2D eigenvalue weighted by Gasteiger charge is -2.37. The molecule has 0 aromatic carbocycles. The van der Waals surface area contributed by atoms with E-state index in [0.717, 1.165) is 31.4 Å². The van der Waals surface area contributed by atoms with Crippen LogP contribution in [0.5, 0.6) is 0 Å². The van der Waals surface area contributed by atoms with E-state index in [9.17, 15) is 4.79 Å². The van der Waals surface area contributed by atoms with Gasteiger partial charge in [-0.3, -0.25) is 4.79 Å². The highest BCUT2D eigenvalue weighted by molar-refractivity contribution is 5.77. The highest BCUT2D eigenvalue weighted by atomic mass is 16.3. The summed E-state index contributed by atoms with van der Waals surface area (Å²) in [7, 11) is 0. The molecule has 1 atom stereocenters. The molecule has 0 aliphatic heterocycles. The number of carbonyl (C=O) groups is 1. The maximum Gasteiger partial charge on any atom is 0.222 e. The lowest BCUT2D eigenvalue weighted by atomic mass is 9.75. The largest absolute Gasteiger partial charge is 0.469 e. The fourth-order valence-electron chi connectivity index (χ4n) is 2.23. The SMILES string of the molecule is CC(Cc1ccco1)NC(=O)CC1(N)CCC1. The zero-order chi connectivity index (χ0) is 12.3. The number of nitrogens with two attached hydrogens (primary N) is 1. The van der Waals surface area contributed by atoms with Crippen molar-refractivity contribution in [2.24, 2.45) is 5.73 Å². The van der Waals surface area contributed by atoms with Gasteiger partial charge in [0.15, 0.2) is 0 Å². The molecule has 4 nitrogen and oxygen atoms in total. The predicted octanol–water partition coefficient (Wildman–Crippen LogP) is 1.60. The second kappa shape index (κ2) is 4.92. The molecule has 17 heavy (non-hydrogen) atoms. The molecule has 0 spiro atoms. The topological polar surface area (TPSA) is 68.3 Å². The molecule has 1 aliphatic rings. The number of carbonyl (C=O) groups excluding carboxylic acids is 1. The second-order valence-electron chi connectivity index (χ2n) is 5.14. The van der Waals surface area contributed by atoms with E-state index in [0.29, 0.717) is 6.42 Å². The molecular weight excluding hydrogens is 216 g/mol. The molecular formula is C13H20N2O2. The van der Waals surface area contributed by atoms with Gasteiger partial charge in [0.05, 0.1) is 6.26 Å². The molecule has 1 aliphatic carbocycles. The minimum Gasteiger partial charge on any atom is -0.469 e. The minimum absolute atomic E-state index is 0.0475. The van der Waals surface area contributed by atoms with Crippen LogP contribution in [0.3, 0.4) is 0 Å². The smallest absolute Gasteiger partial charge is 0.222 e. The Hall–Kier alpha value is -1.29. The molecule has 1 saturated carbocycles. The van der Waals surface area contributed by atoms with Crippen LogP contribution >= 0.6 is 0 Å². The highest BCUT2D eigenvalue weighted by Gasteiger charge is 2.34. The van der Waals surface area contributed by atoms with E-state index < -0.39 is 0 Å². The van der Waals surface area contributed by atoms with E-state index in [1.54, 1.807) is 6.26 Å². The quantitative estimate of drug-likeness (QED) is 0.816. The van der Waals surface area contributed by atoms with Gasteiger partial charge in [-0.2, -0.15) is 0 Å². The standard InChI is InChI=1S/C13H20N2O2/c1-10(8-11-4-2-7-17-11)15-12(16)9-13(14)5-3-6-13/h2,4,7,10H,3,5-6,8-9,14H2,1H3,(H,15,16). The third-order valence-corrected chi connectivity index (χ3v) is 3.36. The van der Waals surface area contributed by atoms with Gasteiger partial charge in [-0.1, -0.05) is 0 Å². The predicted molar refractivity (Wildman–Crippen MR) is 65.4 cm³/mol. The van der Waals surface area contributed by atoms with Crippen molar-refractivity contribution >= 4 is 5.91 Å². The van der Waals surface area contributed by atoms with E-state index in [1.807, 2.05) is 19.1 Å². The average Bonchev–Trinajstić information content (AvgIpc) is 2.67. The van der Waals surface area contributed by atoms with E-state index >= 15 is 0 Å². The molecule has 1 aromatic rings. The molecule has 1 heterocycles. The van der Waals surface area contributed by atoms with Gasteiger partial charge in [-0.25, -0.2) is 0 Å². The Labute approximate surface area is 102 Å². The van der Waals surface area contributed by atoms with Gasteiger partial charge < -0.3 is 15.5 Å². The first-order valence-corrected chi connectivity index (χ1v) is 6.18. The van der Waals surface area contributed by atoms with Crippen molar-refractivity contribution in [2.75, 3.05) is 0 Å². The summed E-state index contributed by atoms with van der Waals surface area (Å²) in [5.74, 6) is 0.940. The van der Waals surface area contributed by atoms with Gasteiger partial charge in [-0.05, 0) is 38.3 Å². The van der Waals surface area contributed by atoms with Crippen molar-refractivity contribution in [3.8, 4) is 0 Å². The van der Waals surface area contributed by atoms with Crippen LogP contribution in [0, 0.1) is 0 Å². The van der Waals surface area contributed by atoms with Gasteiger partial charge >= 0.3 is 0 Å². The Morgan fingerprint density at radius 2 is 2.41 bits per heavy atom. The Kier molecular flexibility index (Phi) is 3.52. The Morgan fingerprint density at radius 3 is 2.94 bits per heavy atom. The van der Waals surface area contributed by atoms with Gasteiger partial charge in [0, 0.05) is 24.4 Å².